The van der Waals surface area contributed by atoms with Crippen molar-refractivity contribution in [2.45, 2.75) is 36.6 Å². The van der Waals surface area contributed by atoms with E-state index in [0.717, 1.165) is 36.1 Å². The van der Waals surface area contributed by atoms with Gasteiger partial charge in [-0.15, -0.1) is 0 Å². The summed E-state index contributed by atoms with van der Waals surface area (Å²) in [6, 6.07) is 12.7. The second-order valence-electron chi connectivity index (χ2n) is 6.82. The standard InChI is InChI=1S/C20H21NO4S/c22-20(21-18-13-25-19-7-2-1-6-17(18)19)10-11-26(23,24)16-9-8-14-4-3-5-15(14)12-16/h1-2,6-9,12,18H,3-5,10-11,13H2,(H,21,22). The monoisotopic (exact) mass is 371 g/mol. The Bertz CT molecular complexity index is 952. The molecule has 1 N–H and O–H groups in total. The molecule has 0 saturated heterocycles. The smallest absolute Gasteiger partial charge is 0.221 e. The second-order valence-corrected chi connectivity index (χ2v) is 8.93. The molecule has 1 aliphatic carbocycles. The summed E-state index contributed by atoms with van der Waals surface area (Å²) in [6.45, 7) is 0.378. The zero-order chi connectivity index (χ0) is 18.1. The summed E-state index contributed by atoms with van der Waals surface area (Å²) in [5.41, 5.74) is 3.29. The van der Waals surface area contributed by atoms with Gasteiger partial charge in [-0.2, -0.15) is 0 Å². The minimum atomic E-state index is -3.46. The van der Waals surface area contributed by atoms with Crippen LogP contribution in [0.4, 0.5) is 0 Å². The van der Waals surface area contributed by atoms with Crippen LogP contribution in [0, 0.1) is 0 Å². The predicted octanol–water partition coefficient (Wildman–Crippen LogP) is 2.59. The number of amides is 1. The predicted molar refractivity (Wildman–Crippen MR) is 98.0 cm³/mol. The summed E-state index contributed by atoms with van der Waals surface area (Å²) in [5.74, 6) is 0.302. The second kappa shape index (κ2) is 6.76. The highest BCUT2D eigenvalue weighted by atomic mass is 32.2. The largest absolute Gasteiger partial charge is 0.491 e. The van der Waals surface area contributed by atoms with E-state index in [-0.39, 0.29) is 24.1 Å². The first-order chi connectivity index (χ1) is 12.5. The number of rotatable bonds is 5. The number of sulfone groups is 1. The molecule has 5 nitrogen and oxygen atoms in total. The van der Waals surface area contributed by atoms with Gasteiger partial charge in [0, 0.05) is 12.0 Å². The van der Waals surface area contributed by atoms with Crippen LogP contribution in [-0.4, -0.2) is 26.7 Å². The third-order valence-electron chi connectivity index (χ3n) is 5.06. The van der Waals surface area contributed by atoms with E-state index in [4.69, 9.17) is 4.74 Å². The molecule has 136 valence electrons. The molecule has 0 bridgehead atoms. The normalized spacial score (nSPS) is 18.1. The van der Waals surface area contributed by atoms with E-state index in [1.807, 2.05) is 30.3 Å². The third-order valence-corrected chi connectivity index (χ3v) is 6.78. The number of nitrogens with one attached hydrogen (secondary N) is 1. The van der Waals surface area contributed by atoms with Gasteiger partial charge in [-0.25, -0.2) is 8.42 Å². The minimum Gasteiger partial charge on any atom is -0.491 e. The molecule has 0 fully saturated rings. The van der Waals surface area contributed by atoms with Gasteiger partial charge in [-0.05, 0) is 48.6 Å². The molecule has 0 spiro atoms. The maximum atomic E-state index is 12.6. The number of aryl methyl sites for hydroxylation is 2. The molecule has 0 saturated carbocycles. The van der Waals surface area contributed by atoms with Gasteiger partial charge in [0.2, 0.25) is 5.91 Å². The lowest BCUT2D eigenvalue weighted by Gasteiger charge is -2.12. The van der Waals surface area contributed by atoms with Gasteiger partial charge in [0.05, 0.1) is 16.7 Å². The number of benzene rings is 2. The fourth-order valence-corrected chi connectivity index (χ4v) is 4.92. The highest BCUT2D eigenvalue weighted by Crippen LogP contribution is 2.31. The van der Waals surface area contributed by atoms with E-state index in [2.05, 4.69) is 5.32 Å². The average molecular weight is 371 g/mol. The number of hydrogen-bond donors (Lipinski definition) is 1. The van der Waals surface area contributed by atoms with Crippen LogP contribution in [-0.2, 0) is 27.5 Å². The van der Waals surface area contributed by atoms with Gasteiger partial charge in [-0.1, -0.05) is 24.3 Å². The lowest BCUT2D eigenvalue weighted by atomic mass is 10.1. The summed E-state index contributed by atoms with van der Waals surface area (Å²) in [5, 5.41) is 2.87. The van der Waals surface area contributed by atoms with E-state index in [1.54, 1.807) is 12.1 Å². The zero-order valence-electron chi connectivity index (χ0n) is 14.4. The van der Waals surface area contributed by atoms with Crippen molar-refractivity contribution in [1.82, 2.24) is 5.32 Å². The lowest BCUT2D eigenvalue weighted by molar-refractivity contribution is -0.121. The van der Waals surface area contributed by atoms with E-state index >= 15 is 0 Å². The highest BCUT2D eigenvalue weighted by Gasteiger charge is 2.26. The molecule has 1 unspecified atom stereocenters. The van der Waals surface area contributed by atoms with Gasteiger partial charge in [0.1, 0.15) is 12.4 Å². The Hall–Kier alpha value is -2.34. The highest BCUT2D eigenvalue weighted by molar-refractivity contribution is 7.91. The van der Waals surface area contributed by atoms with Crippen molar-refractivity contribution in [3.8, 4) is 5.75 Å². The zero-order valence-corrected chi connectivity index (χ0v) is 15.2. The van der Waals surface area contributed by atoms with Gasteiger partial charge >= 0.3 is 0 Å². The first kappa shape index (κ1) is 17.1. The number of carbonyl (C=O) groups excluding carboxylic acids is 1. The summed E-state index contributed by atoms with van der Waals surface area (Å²) in [6.07, 6.45) is 2.97. The number of ether oxygens (including phenoxy) is 1. The molecular formula is C20H21NO4S. The first-order valence-electron chi connectivity index (χ1n) is 8.88. The Morgan fingerprint density at radius 3 is 2.81 bits per heavy atom. The fraction of sp³-hybridized carbons (Fsp3) is 0.350. The fourth-order valence-electron chi connectivity index (χ4n) is 3.64. The summed E-state index contributed by atoms with van der Waals surface area (Å²) in [7, 11) is -3.46. The molecule has 1 aliphatic heterocycles. The number of carbonyl (C=O) groups is 1. The Kier molecular flexibility index (Phi) is 4.44. The molecule has 1 heterocycles. The molecule has 2 aromatic carbocycles. The van der Waals surface area contributed by atoms with Crippen LogP contribution in [0.5, 0.6) is 5.75 Å². The topological polar surface area (TPSA) is 72.5 Å². The average Bonchev–Trinajstić information content (AvgIpc) is 3.27. The maximum absolute atomic E-state index is 12.6. The molecule has 4 rings (SSSR count). The van der Waals surface area contributed by atoms with Crippen molar-refractivity contribution in [3.63, 3.8) is 0 Å². The Morgan fingerprint density at radius 2 is 1.92 bits per heavy atom. The van der Waals surface area contributed by atoms with Gasteiger partial charge < -0.3 is 10.1 Å². The van der Waals surface area contributed by atoms with Crippen molar-refractivity contribution < 1.29 is 17.9 Å². The van der Waals surface area contributed by atoms with E-state index in [1.165, 1.54) is 5.56 Å². The van der Waals surface area contributed by atoms with Crippen LogP contribution in [0.25, 0.3) is 0 Å². The van der Waals surface area contributed by atoms with Crippen LogP contribution in [0.15, 0.2) is 47.4 Å². The van der Waals surface area contributed by atoms with Gasteiger partial charge in [0.15, 0.2) is 9.84 Å². The Labute approximate surface area is 153 Å². The minimum absolute atomic E-state index is 0.0575. The molecule has 1 atom stereocenters. The van der Waals surface area contributed by atoms with Crippen molar-refractivity contribution in [3.05, 3.63) is 59.2 Å². The molecule has 0 radical (unpaired) electrons. The number of fused-ring (bicyclic) bond motifs is 2. The van der Waals surface area contributed by atoms with E-state index < -0.39 is 9.84 Å². The van der Waals surface area contributed by atoms with Crippen LogP contribution in [0.2, 0.25) is 0 Å². The third kappa shape index (κ3) is 3.33. The molecule has 6 heteroatoms. The number of para-hydroxylation sites is 1. The lowest BCUT2D eigenvalue weighted by Crippen LogP contribution is -2.30. The summed E-state index contributed by atoms with van der Waals surface area (Å²) < 4.78 is 30.7. The van der Waals surface area contributed by atoms with Crippen molar-refractivity contribution in [2.24, 2.45) is 0 Å². The SMILES string of the molecule is O=C(CCS(=O)(=O)c1ccc2c(c1)CCC2)NC1COc2ccccc21. The van der Waals surface area contributed by atoms with Crippen molar-refractivity contribution in [2.75, 3.05) is 12.4 Å². The van der Waals surface area contributed by atoms with E-state index in [0.29, 0.717) is 11.5 Å². The quantitative estimate of drug-likeness (QED) is 0.877. The number of hydrogen-bond acceptors (Lipinski definition) is 4. The maximum Gasteiger partial charge on any atom is 0.221 e. The van der Waals surface area contributed by atoms with Crippen LogP contribution < -0.4 is 10.1 Å². The Morgan fingerprint density at radius 1 is 1.12 bits per heavy atom. The first-order valence-corrected chi connectivity index (χ1v) is 10.5. The van der Waals surface area contributed by atoms with Crippen molar-refractivity contribution in [1.29, 1.82) is 0 Å². The van der Waals surface area contributed by atoms with Crippen LogP contribution in [0.3, 0.4) is 0 Å². The summed E-state index contributed by atoms with van der Waals surface area (Å²) >= 11 is 0. The molecule has 2 aliphatic rings. The molecule has 26 heavy (non-hydrogen) atoms. The van der Waals surface area contributed by atoms with Crippen molar-refractivity contribution >= 4 is 15.7 Å². The molecular weight excluding hydrogens is 350 g/mol. The van der Waals surface area contributed by atoms with Crippen LogP contribution in [0.1, 0.15) is 35.6 Å². The summed E-state index contributed by atoms with van der Waals surface area (Å²) in [4.78, 5) is 12.6. The molecule has 2 aromatic rings. The van der Waals surface area contributed by atoms with Crippen LogP contribution >= 0.6 is 0 Å². The van der Waals surface area contributed by atoms with Gasteiger partial charge in [-0.3, -0.25) is 4.79 Å². The molecule has 0 aromatic heterocycles. The van der Waals surface area contributed by atoms with E-state index in [9.17, 15) is 13.2 Å². The van der Waals surface area contributed by atoms with Gasteiger partial charge in [0.25, 0.3) is 0 Å². The Balaban J connectivity index is 1.38. The molecule has 1 amide bonds.